The average Bonchev–Trinajstić information content (AvgIpc) is 3.32. The van der Waals surface area contributed by atoms with E-state index in [-0.39, 0.29) is 23.9 Å². The Kier molecular flexibility index (Phi) is 7.17. The van der Waals surface area contributed by atoms with Gasteiger partial charge in [-0.25, -0.2) is 0 Å². The fraction of sp³-hybridized carbons (Fsp3) is 0.176. The summed E-state index contributed by atoms with van der Waals surface area (Å²) < 4.78 is 28.7. The zero-order valence-electron chi connectivity index (χ0n) is 22.7. The van der Waals surface area contributed by atoms with Crippen molar-refractivity contribution in [1.29, 1.82) is 0 Å². The van der Waals surface area contributed by atoms with E-state index in [1.807, 2.05) is 72.8 Å². The van der Waals surface area contributed by atoms with Crippen LogP contribution >= 0.6 is 0 Å². The molecule has 0 bridgehead atoms. The Morgan fingerprint density at radius 2 is 1.66 bits per heavy atom. The molecule has 2 aliphatic heterocycles. The molecule has 4 aromatic carbocycles. The lowest BCUT2D eigenvalue weighted by Gasteiger charge is -2.27. The predicted molar refractivity (Wildman–Crippen MR) is 153 cm³/mol. The quantitative estimate of drug-likeness (QED) is 0.144. The molecule has 0 amide bonds. The van der Waals surface area contributed by atoms with Crippen LogP contribution in [-0.2, 0) is 11.2 Å². The number of methoxy groups -OCH3 is 2. The van der Waals surface area contributed by atoms with Gasteiger partial charge < -0.3 is 23.7 Å². The molecule has 206 valence electrons. The second-order valence-electron chi connectivity index (χ2n) is 9.79. The van der Waals surface area contributed by atoms with Gasteiger partial charge in [-0.1, -0.05) is 48.5 Å². The molecule has 0 aliphatic carbocycles. The summed E-state index contributed by atoms with van der Waals surface area (Å²) in [6.45, 7) is 0.427. The minimum Gasteiger partial charge on any atom is -0.497 e. The van der Waals surface area contributed by atoms with E-state index >= 15 is 0 Å². The molecule has 0 saturated heterocycles. The highest BCUT2D eigenvalue weighted by Crippen LogP contribution is 2.49. The van der Waals surface area contributed by atoms with Crippen LogP contribution < -0.4 is 23.7 Å². The van der Waals surface area contributed by atoms with Gasteiger partial charge in [0.15, 0.2) is 17.3 Å². The summed E-state index contributed by atoms with van der Waals surface area (Å²) in [5, 5.41) is 0. The topological polar surface area (TPSA) is 80.3 Å². The fourth-order valence-electron chi connectivity index (χ4n) is 5.19. The van der Waals surface area contributed by atoms with Crippen LogP contribution in [0.2, 0.25) is 0 Å². The molecule has 0 aromatic heterocycles. The molecule has 41 heavy (non-hydrogen) atoms. The Balaban J connectivity index is 1.30. The monoisotopic (exact) mass is 548 g/mol. The summed E-state index contributed by atoms with van der Waals surface area (Å²) in [6, 6.07) is 26.3. The van der Waals surface area contributed by atoms with E-state index in [0.717, 1.165) is 22.4 Å². The number of esters is 1. The van der Waals surface area contributed by atoms with E-state index in [9.17, 15) is 9.59 Å². The zero-order valence-corrected chi connectivity index (χ0v) is 22.7. The van der Waals surface area contributed by atoms with Gasteiger partial charge in [0.25, 0.3) is 0 Å². The van der Waals surface area contributed by atoms with Crippen molar-refractivity contribution in [2.24, 2.45) is 0 Å². The van der Waals surface area contributed by atoms with E-state index in [0.29, 0.717) is 47.2 Å². The smallest absolute Gasteiger partial charge is 0.312 e. The van der Waals surface area contributed by atoms with Crippen LogP contribution in [0.15, 0.2) is 90.7 Å². The molecule has 4 aromatic rings. The van der Waals surface area contributed by atoms with Crippen LogP contribution in [0, 0.1) is 0 Å². The lowest BCUT2D eigenvalue weighted by Crippen LogP contribution is -2.21. The van der Waals surface area contributed by atoms with Crippen molar-refractivity contribution in [3.63, 3.8) is 0 Å². The van der Waals surface area contributed by atoms with Crippen molar-refractivity contribution >= 4 is 17.8 Å². The molecule has 0 saturated carbocycles. The van der Waals surface area contributed by atoms with E-state index in [1.165, 1.54) is 0 Å². The molecular formula is C34H28O7. The van der Waals surface area contributed by atoms with E-state index in [2.05, 4.69) is 0 Å². The second kappa shape index (κ2) is 11.2. The summed E-state index contributed by atoms with van der Waals surface area (Å²) in [6.07, 6.45) is 2.51. The predicted octanol–water partition coefficient (Wildman–Crippen LogP) is 6.38. The van der Waals surface area contributed by atoms with Crippen molar-refractivity contribution in [3.8, 4) is 28.7 Å². The number of carbonyl (C=O) groups excluding carboxylic acids is 2. The van der Waals surface area contributed by atoms with Crippen LogP contribution in [0.3, 0.4) is 0 Å². The third-order valence-corrected chi connectivity index (χ3v) is 7.27. The van der Waals surface area contributed by atoms with Gasteiger partial charge in [0.1, 0.15) is 17.2 Å². The van der Waals surface area contributed by atoms with Gasteiger partial charge in [0, 0.05) is 17.9 Å². The zero-order chi connectivity index (χ0) is 28.3. The lowest BCUT2D eigenvalue weighted by atomic mass is 9.84. The van der Waals surface area contributed by atoms with Gasteiger partial charge in [-0.3, -0.25) is 9.59 Å². The van der Waals surface area contributed by atoms with Gasteiger partial charge in [0.05, 0.1) is 32.8 Å². The van der Waals surface area contributed by atoms with Crippen LogP contribution in [0.5, 0.6) is 28.7 Å². The first-order valence-electron chi connectivity index (χ1n) is 13.3. The summed E-state index contributed by atoms with van der Waals surface area (Å²) >= 11 is 0. The van der Waals surface area contributed by atoms with E-state index in [4.69, 9.17) is 23.7 Å². The normalized spacial score (nSPS) is 16.4. The van der Waals surface area contributed by atoms with Gasteiger partial charge in [0.2, 0.25) is 5.78 Å². The number of hydrogen-bond donors (Lipinski definition) is 0. The molecule has 1 unspecified atom stereocenters. The minimum atomic E-state index is -0.403. The number of ketones is 1. The highest BCUT2D eigenvalue weighted by atomic mass is 16.5. The SMILES string of the molecule is COc1ccc(CCOc2cc(C3CC(=O)Oc4ccc5c(c43)OC(=Cc3ccccc3)C5=O)ccc2OC)cc1. The first-order valence-corrected chi connectivity index (χ1v) is 13.3. The molecular weight excluding hydrogens is 520 g/mol. The summed E-state index contributed by atoms with van der Waals surface area (Å²) in [4.78, 5) is 25.9. The van der Waals surface area contributed by atoms with Gasteiger partial charge in [-0.15, -0.1) is 0 Å². The minimum absolute atomic E-state index is 0.0936. The number of allylic oxidation sites excluding steroid dienone is 1. The van der Waals surface area contributed by atoms with E-state index < -0.39 is 5.92 Å². The number of hydrogen-bond acceptors (Lipinski definition) is 7. The average molecular weight is 549 g/mol. The Bertz CT molecular complexity index is 1640. The van der Waals surface area contributed by atoms with Gasteiger partial charge >= 0.3 is 5.97 Å². The molecule has 1 atom stereocenters. The molecule has 0 fully saturated rings. The molecule has 7 heteroatoms. The molecule has 0 N–H and O–H groups in total. The second-order valence-corrected chi connectivity index (χ2v) is 9.79. The first kappa shape index (κ1) is 26.2. The van der Waals surface area contributed by atoms with Crippen LogP contribution in [0.4, 0.5) is 0 Å². The third kappa shape index (κ3) is 5.26. The van der Waals surface area contributed by atoms with Crippen LogP contribution in [0.25, 0.3) is 6.08 Å². The van der Waals surface area contributed by atoms with Crippen LogP contribution in [-0.4, -0.2) is 32.6 Å². The maximum atomic E-state index is 13.3. The number of fused-ring (bicyclic) bond motifs is 3. The highest BCUT2D eigenvalue weighted by Gasteiger charge is 2.38. The number of rotatable bonds is 8. The molecule has 2 heterocycles. The van der Waals surface area contributed by atoms with Gasteiger partial charge in [-0.2, -0.15) is 0 Å². The summed E-state index contributed by atoms with van der Waals surface area (Å²) in [5.74, 6) is 2.02. The van der Waals surface area contributed by atoms with Gasteiger partial charge in [-0.05, 0) is 59.2 Å². The Morgan fingerprint density at radius 1 is 0.854 bits per heavy atom. The van der Waals surface area contributed by atoms with E-state index in [1.54, 1.807) is 32.4 Å². The first-order chi connectivity index (χ1) is 20.0. The Labute approximate surface area is 237 Å². The van der Waals surface area contributed by atoms with Crippen molar-refractivity contribution < 1.29 is 33.3 Å². The number of Topliss-reactive ketones (excluding diaryl/α,β-unsaturated/α-hetero) is 1. The lowest BCUT2D eigenvalue weighted by molar-refractivity contribution is -0.135. The standard InChI is InChI=1S/C34H28O7/c1-37-24-11-8-21(9-12-24)16-17-39-29-19-23(10-14-27(29)38-2)26-20-31(35)40-28-15-13-25-33(36)30(41-34(25)32(26)28)18-22-6-4-3-5-7-22/h3-15,18-19,26H,16-17,20H2,1-2H3. The molecule has 0 radical (unpaired) electrons. The van der Waals surface area contributed by atoms with Crippen molar-refractivity contribution in [3.05, 3.63) is 119 Å². The summed E-state index contributed by atoms with van der Waals surface area (Å²) in [5.41, 5.74) is 3.90. The largest absolute Gasteiger partial charge is 0.497 e. The molecule has 7 nitrogen and oxygen atoms in total. The van der Waals surface area contributed by atoms with Crippen molar-refractivity contribution in [2.75, 3.05) is 20.8 Å². The molecule has 0 spiro atoms. The maximum Gasteiger partial charge on any atom is 0.312 e. The maximum absolute atomic E-state index is 13.3. The van der Waals surface area contributed by atoms with Crippen molar-refractivity contribution in [2.45, 2.75) is 18.8 Å². The summed E-state index contributed by atoms with van der Waals surface area (Å²) in [7, 11) is 3.23. The Hall–Kier alpha value is -5.04. The molecule has 6 rings (SSSR count). The number of benzene rings is 4. The number of ether oxygens (including phenoxy) is 5. The van der Waals surface area contributed by atoms with Crippen LogP contribution in [0.1, 0.15) is 45.0 Å². The molecule has 2 aliphatic rings. The van der Waals surface area contributed by atoms with Crippen molar-refractivity contribution in [1.82, 2.24) is 0 Å². The Morgan fingerprint density at radius 3 is 2.41 bits per heavy atom. The number of carbonyl (C=O) groups is 2. The fourth-order valence-corrected chi connectivity index (χ4v) is 5.19. The third-order valence-electron chi connectivity index (χ3n) is 7.27. The highest BCUT2D eigenvalue weighted by molar-refractivity contribution is 6.15.